The van der Waals surface area contributed by atoms with E-state index in [1.54, 1.807) is 41.5 Å². The third-order valence-electron chi connectivity index (χ3n) is 5.66. The Hall–Kier alpha value is -1.25. The number of fused-ring (bicyclic) bond motifs is 1. The zero-order valence-electron chi connectivity index (χ0n) is 22.3. The Morgan fingerprint density at radius 2 is 1.63 bits per heavy atom. The number of hydrogen-bond donors (Lipinski definition) is 2. The van der Waals surface area contributed by atoms with Crippen LogP contribution in [0.5, 0.6) is 0 Å². The highest BCUT2D eigenvalue weighted by Crippen LogP contribution is 2.60. The van der Waals surface area contributed by atoms with Crippen LogP contribution in [0.25, 0.3) is 0 Å². The fourth-order valence-electron chi connectivity index (χ4n) is 3.49. The summed E-state index contributed by atoms with van der Waals surface area (Å²) >= 11 is 2.11. The molecule has 15 heteroatoms. The molecule has 1 aromatic rings. The minimum atomic E-state index is -4.14. The van der Waals surface area contributed by atoms with Crippen LogP contribution >= 0.6 is 31.3 Å². The van der Waals surface area contributed by atoms with E-state index in [2.05, 4.69) is 4.98 Å². The first-order valence-electron chi connectivity index (χ1n) is 12.1. The molecule has 1 aliphatic carbocycles. The van der Waals surface area contributed by atoms with Crippen LogP contribution in [-0.2, 0) is 32.5 Å². The van der Waals surface area contributed by atoms with Crippen molar-refractivity contribution in [2.75, 3.05) is 30.5 Å². The number of thioether (sulfide) groups is 2. The SMILES string of the molecule is CC(C)(C)C(=O)SCCOP(=O)(OCCSC(=O)C(C)(C)C)OC1C2[C@@H]1O[C@@H](n1ccc(N)nc1=O)[C@@H]2O. The first-order valence-corrected chi connectivity index (χ1v) is 15.6. The Labute approximate surface area is 230 Å². The van der Waals surface area contributed by atoms with Crippen LogP contribution in [-0.4, -0.2) is 67.9 Å². The van der Waals surface area contributed by atoms with Gasteiger partial charge in [0.15, 0.2) is 16.5 Å². The Kier molecular flexibility index (Phi) is 9.95. The number of hydrogen-bond acceptors (Lipinski definition) is 13. The molecule has 0 aromatic carbocycles. The number of carbonyl (C=O) groups is 2. The lowest BCUT2D eigenvalue weighted by atomic mass is 9.99. The highest BCUT2D eigenvalue weighted by molar-refractivity contribution is 8.14. The number of nitrogen functional groups attached to an aromatic ring is 1. The number of anilines is 1. The zero-order chi connectivity index (χ0) is 28.5. The topological polar surface area (TPSA) is 169 Å². The van der Waals surface area contributed by atoms with Crippen molar-refractivity contribution in [2.24, 2.45) is 16.7 Å². The number of ether oxygens (including phenoxy) is 1. The predicted molar refractivity (Wildman–Crippen MR) is 145 cm³/mol. The van der Waals surface area contributed by atoms with E-state index < -0.39 is 54.8 Å². The molecule has 5 atom stereocenters. The molecule has 12 nitrogen and oxygen atoms in total. The van der Waals surface area contributed by atoms with Gasteiger partial charge in [0, 0.05) is 34.5 Å². The summed E-state index contributed by atoms with van der Waals surface area (Å²) in [4.78, 5) is 40.1. The highest BCUT2D eigenvalue weighted by Gasteiger charge is 2.67. The Morgan fingerprint density at radius 1 is 1.11 bits per heavy atom. The average molecular weight is 594 g/mol. The number of carbonyl (C=O) groups excluding carboxylic acids is 2. The number of phosphoric acid groups is 1. The summed E-state index contributed by atoms with van der Waals surface area (Å²) in [5.41, 5.74) is 3.78. The number of rotatable bonds is 11. The maximum absolute atomic E-state index is 13.5. The number of nitrogens with zero attached hydrogens (tertiary/aromatic N) is 2. The molecule has 1 aromatic heterocycles. The highest BCUT2D eigenvalue weighted by atomic mass is 32.2. The minimum absolute atomic E-state index is 0.0402. The van der Waals surface area contributed by atoms with Gasteiger partial charge < -0.3 is 15.6 Å². The van der Waals surface area contributed by atoms with E-state index in [0.29, 0.717) is 0 Å². The minimum Gasteiger partial charge on any atom is -0.388 e. The first-order chi connectivity index (χ1) is 17.5. The van der Waals surface area contributed by atoms with E-state index in [1.165, 1.54) is 12.3 Å². The number of nitrogens with two attached hydrogens (primary N) is 1. The van der Waals surface area contributed by atoms with E-state index in [0.717, 1.165) is 28.1 Å². The maximum atomic E-state index is 13.5. The fourth-order valence-corrected chi connectivity index (χ4v) is 6.69. The molecule has 2 unspecified atom stereocenters. The van der Waals surface area contributed by atoms with Gasteiger partial charge in [-0.3, -0.25) is 27.7 Å². The summed E-state index contributed by atoms with van der Waals surface area (Å²) in [6.07, 6.45) is -2.19. The monoisotopic (exact) mass is 593 g/mol. The van der Waals surface area contributed by atoms with Crippen LogP contribution < -0.4 is 11.4 Å². The molecule has 3 N–H and O–H groups in total. The van der Waals surface area contributed by atoms with Crippen molar-refractivity contribution in [2.45, 2.75) is 66.1 Å². The Bertz CT molecular complexity index is 1100. The summed E-state index contributed by atoms with van der Waals surface area (Å²) in [6.45, 7) is 10.6. The van der Waals surface area contributed by atoms with Crippen molar-refractivity contribution in [1.82, 2.24) is 9.55 Å². The van der Waals surface area contributed by atoms with Crippen molar-refractivity contribution in [3.8, 4) is 0 Å². The van der Waals surface area contributed by atoms with Crippen molar-refractivity contribution >= 4 is 47.4 Å². The second-order valence-electron chi connectivity index (χ2n) is 11.1. The molecule has 1 saturated carbocycles. The second-order valence-corrected chi connectivity index (χ2v) is 14.8. The van der Waals surface area contributed by atoms with E-state index in [4.69, 9.17) is 24.0 Å². The Balaban J connectivity index is 1.59. The molecular weight excluding hydrogens is 557 g/mol. The lowest BCUT2D eigenvalue weighted by Gasteiger charge is -2.24. The maximum Gasteiger partial charge on any atom is 0.475 e. The summed E-state index contributed by atoms with van der Waals surface area (Å²) < 4.78 is 37.0. The molecule has 2 heterocycles. The van der Waals surface area contributed by atoms with Gasteiger partial charge in [-0.25, -0.2) is 9.36 Å². The first kappa shape index (κ1) is 31.3. The van der Waals surface area contributed by atoms with Crippen molar-refractivity contribution in [3.63, 3.8) is 0 Å². The summed E-state index contributed by atoms with van der Waals surface area (Å²) in [7, 11) is -4.14. The van der Waals surface area contributed by atoms with Crippen LogP contribution in [0.2, 0.25) is 0 Å². The molecule has 0 radical (unpaired) electrons. The largest absolute Gasteiger partial charge is 0.475 e. The molecule has 2 aliphatic rings. The number of aliphatic hydroxyl groups excluding tert-OH is 1. The molecule has 1 aliphatic heterocycles. The van der Waals surface area contributed by atoms with Gasteiger partial charge in [0.1, 0.15) is 18.0 Å². The molecule has 0 amide bonds. The molecule has 38 heavy (non-hydrogen) atoms. The standard InChI is InChI=1S/C23H36N3O9PS2/c1-22(2,3)19(28)37-11-9-32-36(31,33-10-12-38-20(29)23(4,5)6)35-17-14-15(27)18(34-16(14)17)26-8-7-13(24)25-21(26)30/h7-8,14-18,27H,9-12H2,1-6H3,(H2,24,25,30)/t14?,15-,16+,17?,18-/m1/s1. The Morgan fingerprint density at radius 3 is 2.05 bits per heavy atom. The van der Waals surface area contributed by atoms with Crippen molar-refractivity contribution in [3.05, 3.63) is 22.7 Å². The van der Waals surface area contributed by atoms with Crippen LogP contribution in [0.1, 0.15) is 47.8 Å². The lowest BCUT2D eigenvalue weighted by Crippen LogP contribution is -2.35. The number of aromatic nitrogens is 2. The molecular formula is C23H36N3O9PS2. The van der Waals surface area contributed by atoms with E-state index in [-0.39, 0.29) is 40.8 Å². The third kappa shape index (κ3) is 7.91. The lowest BCUT2D eigenvalue weighted by molar-refractivity contribution is -0.118. The van der Waals surface area contributed by atoms with Crippen molar-refractivity contribution < 1.29 is 37.6 Å². The van der Waals surface area contributed by atoms with Crippen LogP contribution in [0.3, 0.4) is 0 Å². The summed E-state index contributed by atoms with van der Waals surface area (Å²) in [5, 5.41) is 10.7. The van der Waals surface area contributed by atoms with Gasteiger partial charge in [0.05, 0.1) is 19.3 Å². The quantitative estimate of drug-likeness (QED) is 0.284. The van der Waals surface area contributed by atoms with Crippen molar-refractivity contribution in [1.29, 1.82) is 0 Å². The summed E-state index contributed by atoms with van der Waals surface area (Å²) in [6, 6.07) is 1.41. The molecule has 2 fully saturated rings. The van der Waals surface area contributed by atoms with Gasteiger partial charge in [-0.05, 0) is 6.07 Å². The molecule has 1 saturated heterocycles. The molecule has 3 rings (SSSR count). The molecule has 0 spiro atoms. The summed E-state index contributed by atoms with van der Waals surface area (Å²) in [5.74, 6) is -0.0603. The third-order valence-corrected chi connectivity index (χ3v) is 9.65. The van der Waals surface area contributed by atoms with E-state index in [1.807, 2.05) is 0 Å². The normalized spacial score (nSPS) is 25.3. The molecule has 0 bridgehead atoms. The van der Waals surface area contributed by atoms with Gasteiger partial charge in [-0.2, -0.15) is 4.98 Å². The zero-order valence-corrected chi connectivity index (χ0v) is 24.8. The van der Waals surface area contributed by atoms with Gasteiger partial charge >= 0.3 is 13.5 Å². The fraction of sp³-hybridized carbons (Fsp3) is 0.739. The number of phosphoric ester groups is 1. The number of aliphatic hydroxyl groups is 1. The second kappa shape index (κ2) is 12.1. The van der Waals surface area contributed by atoms with Crippen LogP contribution in [0.15, 0.2) is 17.1 Å². The predicted octanol–water partition coefficient (Wildman–Crippen LogP) is 2.85. The van der Waals surface area contributed by atoms with Gasteiger partial charge in [-0.1, -0.05) is 65.1 Å². The smallest absolute Gasteiger partial charge is 0.388 e. The van der Waals surface area contributed by atoms with Crippen LogP contribution in [0.4, 0.5) is 5.82 Å². The average Bonchev–Trinajstić information content (AvgIpc) is 3.34. The van der Waals surface area contributed by atoms with Gasteiger partial charge in [-0.15, -0.1) is 0 Å². The van der Waals surface area contributed by atoms with Gasteiger partial charge in [0.2, 0.25) is 0 Å². The van der Waals surface area contributed by atoms with Crippen LogP contribution in [0, 0.1) is 16.7 Å². The van der Waals surface area contributed by atoms with E-state index >= 15 is 0 Å². The molecule has 214 valence electrons. The van der Waals surface area contributed by atoms with Gasteiger partial charge in [0.25, 0.3) is 0 Å². The van der Waals surface area contributed by atoms with E-state index in [9.17, 15) is 24.1 Å².